The second-order valence-corrected chi connectivity index (χ2v) is 6.97. The molecule has 0 bridgehead atoms. The van der Waals surface area contributed by atoms with E-state index in [4.69, 9.17) is 0 Å². The van der Waals surface area contributed by atoms with Gasteiger partial charge in [-0.25, -0.2) is 4.98 Å². The zero-order valence-corrected chi connectivity index (χ0v) is 13.5. The van der Waals surface area contributed by atoms with Crippen molar-refractivity contribution in [2.45, 2.75) is 64.8 Å². The van der Waals surface area contributed by atoms with Crippen LogP contribution in [0.2, 0.25) is 0 Å². The van der Waals surface area contributed by atoms with Gasteiger partial charge < -0.3 is 9.47 Å². The van der Waals surface area contributed by atoms with Gasteiger partial charge in [0.25, 0.3) is 0 Å². The van der Waals surface area contributed by atoms with Gasteiger partial charge in [0.05, 0.1) is 0 Å². The molecule has 1 saturated carbocycles. The molecule has 1 amide bonds. The van der Waals surface area contributed by atoms with Crippen LogP contribution in [-0.4, -0.2) is 33.4 Å². The Kier molecular flexibility index (Phi) is 4.05. The van der Waals surface area contributed by atoms with E-state index in [0.29, 0.717) is 17.9 Å². The van der Waals surface area contributed by atoms with E-state index in [2.05, 4.69) is 16.5 Å². The first-order valence-electron chi connectivity index (χ1n) is 8.40. The van der Waals surface area contributed by atoms with Crippen molar-refractivity contribution < 1.29 is 4.79 Å². The number of likely N-dealkylation sites (tertiary alicyclic amines) is 1. The summed E-state index contributed by atoms with van der Waals surface area (Å²) in [6, 6.07) is 0.527. The molecule has 21 heavy (non-hydrogen) atoms. The number of aromatic nitrogens is 2. The van der Waals surface area contributed by atoms with E-state index in [0.717, 1.165) is 25.9 Å². The molecule has 0 aromatic carbocycles. The summed E-state index contributed by atoms with van der Waals surface area (Å²) >= 11 is 0. The quantitative estimate of drug-likeness (QED) is 0.856. The molecule has 2 heterocycles. The predicted octanol–water partition coefficient (Wildman–Crippen LogP) is 3.28. The van der Waals surface area contributed by atoms with Crippen molar-refractivity contribution in [2.75, 3.05) is 13.1 Å². The summed E-state index contributed by atoms with van der Waals surface area (Å²) in [4.78, 5) is 18.8. The minimum absolute atomic E-state index is 0.113. The second kappa shape index (κ2) is 5.82. The molecule has 0 atom stereocenters. The fourth-order valence-electron chi connectivity index (χ4n) is 3.62. The number of nitrogens with zero attached hydrogens (tertiary/aromatic N) is 3. The molecule has 2 fully saturated rings. The molecular formula is C17H27N3O. The van der Waals surface area contributed by atoms with Crippen LogP contribution in [0.1, 0.15) is 69.4 Å². The summed E-state index contributed by atoms with van der Waals surface area (Å²) in [6.07, 6.45) is 8.09. The van der Waals surface area contributed by atoms with Crippen LogP contribution in [0.4, 0.5) is 0 Å². The Morgan fingerprint density at radius 2 is 1.90 bits per heavy atom. The first-order valence-corrected chi connectivity index (χ1v) is 8.40. The molecule has 4 heteroatoms. The maximum Gasteiger partial charge on any atom is 0.225 e. The normalized spacial score (nSPS) is 20.9. The SMILES string of the molecule is Cc1cnc(C2CCC2)n1C1CCN(C(=O)C(C)C)CC1. The van der Waals surface area contributed by atoms with Crippen molar-refractivity contribution in [1.82, 2.24) is 14.5 Å². The average molecular weight is 289 g/mol. The van der Waals surface area contributed by atoms with Gasteiger partial charge in [0.15, 0.2) is 0 Å². The molecule has 116 valence electrons. The number of hydrogen-bond donors (Lipinski definition) is 0. The zero-order valence-electron chi connectivity index (χ0n) is 13.5. The number of rotatable bonds is 3. The van der Waals surface area contributed by atoms with E-state index >= 15 is 0 Å². The molecule has 0 spiro atoms. The molecule has 1 aliphatic heterocycles. The minimum atomic E-state index is 0.113. The third-order valence-electron chi connectivity index (χ3n) is 5.12. The van der Waals surface area contributed by atoms with E-state index in [-0.39, 0.29) is 5.92 Å². The van der Waals surface area contributed by atoms with Gasteiger partial charge in [-0.3, -0.25) is 4.79 Å². The number of carbonyl (C=O) groups is 1. The van der Waals surface area contributed by atoms with E-state index in [9.17, 15) is 4.79 Å². The molecule has 1 aromatic rings. The lowest BCUT2D eigenvalue weighted by atomic mass is 9.84. The Morgan fingerprint density at radius 1 is 1.24 bits per heavy atom. The van der Waals surface area contributed by atoms with Crippen LogP contribution in [0.25, 0.3) is 0 Å². The van der Waals surface area contributed by atoms with Gasteiger partial charge in [0, 0.05) is 42.9 Å². The standard InChI is InChI=1S/C17H27N3O/c1-12(2)17(21)19-9-7-15(8-10-19)20-13(3)11-18-16(20)14-5-4-6-14/h11-12,14-15H,4-10H2,1-3H3. The van der Waals surface area contributed by atoms with Crippen molar-refractivity contribution >= 4 is 5.91 Å². The number of aryl methyl sites for hydroxylation is 1. The summed E-state index contributed by atoms with van der Waals surface area (Å²) in [5.41, 5.74) is 1.28. The van der Waals surface area contributed by atoms with Crippen LogP contribution < -0.4 is 0 Å². The highest BCUT2D eigenvalue weighted by Crippen LogP contribution is 2.38. The lowest BCUT2D eigenvalue weighted by Gasteiger charge is -2.36. The molecule has 1 saturated heterocycles. The van der Waals surface area contributed by atoms with Crippen molar-refractivity contribution in [3.63, 3.8) is 0 Å². The summed E-state index contributed by atoms with van der Waals surface area (Å²) in [7, 11) is 0. The van der Waals surface area contributed by atoms with Gasteiger partial charge in [0.2, 0.25) is 5.91 Å². The molecule has 4 nitrogen and oxygen atoms in total. The molecule has 0 radical (unpaired) electrons. The highest BCUT2D eigenvalue weighted by atomic mass is 16.2. The largest absolute Gasteiger partial charge is 0.342 e. The molecule has 0 N–H and O–H groups in total. The number of amides is 1. The fourth-order valence-corrected chi connectivity index (χ4v) is 3.62. The van der Waals surface area contributed by atoms with Crippen LogP contribution in [0.5, 0.6) is 0 Å². The van der Waals surface area contributed by atoms with Gasteiger partial charge in [0.1, 0.15) is 5.82 Å². The first kappa shape index (κ1) is 14.6. The minimum Gasteiger partial charge on any atom is -0.342 e. The van der Waals surface area contributed by atoms with Gasteiger partial charge >= 0.3 is 0 Å². The van der Waals surface area contributed by atoms with Crippen molar-refractivity contribution in [1.29, 1.82) is 0 Å². The number of carbonyl (C=O) groups excluding carboxylic acids is 1. The average Bonchev–Trinajstić information content (AvgIpc) is 2.78. The van der Waals surface area contributed by atoms with Gasteiger partial charge in [-0.2, -0.15) is 0 Å². The van der Waals surface area contributed by atoms with Crippen LogP contribution in [0, 0.1) is 12.8 Å². The molecule has 3 rings (SSSR count). The van der Waals surface area contributed by atoms with Gasteiger partial charge in [-0.15, -0.1) is 0 Å². The Balaban J connectivity index is 1.69. The fraction of sp³-hybridized carbons (Fsp3) is 0.765. The van der Waals surface area contributed by atoms with Crippen LogP contribution in [0.15, 0.2) is 6.20 Å². The topological polar surface area (TPSA) is 38.1 Å². The Hall–Kier alpha value is -1.32. The lowest BCUT2D eigenvalue weighted by molar-refractivity contribution is -0.135. The van der Waals surface area contributed by atoms with E-state index in [1.807, 2.05) is 24.9 Å². The van der Waals surface area contributed by atoms with E-state index < -0.39 is 0 Å². The highest BCUT2D eigenvalue weighted by Gasteiger charge is 2.30. The van der Waals surface area contributed by atoms with E-state index in [1.54, 1.807) is 0 Å². The summed E-state index contributed by atoms with van der Waals surface area (Å²) in [6.45, 7) is 7.93. The third-order valence-corrected chi connectivity index (χ3v) is 5.12. The number of hydrogen-bond acceptors (Lipinski definition) is 2. The van der Waals surface area contributed by atoms with Crippen LogP contribution in [-0.2, 0) is 4.79 Å². The number of piperidine rings is 1. The summed E-state index contributed by atoms with van der Waals surface area (Å²) in [5, 5.41) is 0. The van der Waals surface area contributed by atoms with Crippen molar-refractivity contribution in [3.8, 4) is 0 Å². The Bertz CT molecular complexity index is 508. The van der Waals surface area contributed by atoms with Crippen LogP contribution >= 0.6 is 0 Å². The molecule has 1 aliphatic carbocycles. The van der Waals surface area contributed by atoms with Crippen molar-refractivity contribution in [3.05, 3.63) is 17.7 Å². The van der Waals surface area contributed by atoms with Crippen LogP contribution in [0.3, 0.4) is 0 Å². The zero-order chi connectivity index (χ0) is 15.0. The molecule has 1 aromatic heterocycles. The van der Waals surface area contributed by atoms with Gasteiger partial charge in [-0.05, 0) is 32.6 Å². The van der Waals surface area contributed by atoms with Gasteiger partial charge in [-0.1, -0.05) is 20.3 Å². The number of imidazole rings is 1. The monoisotopic (exact) mass is 289 g/mol. The predicted molar refractivity (Wildman–Crippen MR) is 83.2 cm³/mol. The maximum absolute atomic E-state index is 12.1. The summed E-state index contributed by atoms with van der Waals surface area (Å²) in [5.74, 6) is 2.39. The maximum atomic E-state index is 12.1. The second-order valence-electron chi connectivity index (χ2n) is 6.97. The molecule has 0 unspecified atom stereocenters. The first-order chi connectivity index (χ1) is 10.1. The molecule has 2 aliphatic rings. The third kappa shape index (κ3) is 2.72. The Morgan fingerprint density at radius 3 is 2.43 bits per heavy atom. The molecular weight excluding hydrogens is 262 g/mol. The van der Waals surface area contributed by atoms with E-state index in [1.165, 1.54) is 30.8 Å². The lowest BCUT2D eigenvalue weighted by Crippen LogP contribution is -2.41. The summed E-state index contributed by atoms with van der Waals surface area (Å²) < 4.78 is 2.47. The van der Waals surface area contributed by atoms with Crippen molar-refractivity contribution in [2.24, 2.45) is 5.92 Å². The highest BCUT2D eigenvalue weighted by molar-refractivity contribution is 5.78. The smallest absolute Gasteiger partial charge is 0.225 e. The Labute approximate surface area is 127 Å².